The Labute approximate surface area is 66.8 Å². The molecule has 64 valence electrons. The Morgan fingerprint density at radius 1 is 1.64 bits per heavy atom. The second kappa shape index (κ2) is 3.57. The van der Waals surface area contributed by atoms with Crippen LogP contribution in [-0.2, 0) is 4.84 Å². The van der Waals surface area contributed by atoms with Crippen LogP contribution in [0, 0.1) is 0 Å². The average molecular weight is 157 g/mol. The Morgan fingerprint density at radius 2 is 2.27 bits per heavy atom. The minimum atomic E-state index is 0.128. The SMILES string of the molecule is CC(C)ONC(N)=NC1CC1. The molecule has 0 heterocycles. The van der Waals surface area contributed by atoms with Crippen LogP contribution in [0.1, 0.15) is 26.7 Å². The highest BCUT2D eigenvalue weighted by atomic mass is 16.7. The van der Waals surface area contributed by atoms with E-state index in [0.717, 1.165) is 12.8 Å². The van der Waals surface area contributed by atoms with Crippen LogP contribution in [0.3, 0.4) is 0 Å². The highest BCUT2D eigenvalue weighted by Crippen LogP contribution is 2.22. The Hall–Kier alpha value is -0.770. The van der Waals surface area contributed by atoms with Gasteiger partial charge in [0.25, 0.3) is 0 Å². The van der Waals surface area contributed by atoms with E-state index in [-0.39, 0.29) is 6.10 Å². The van der Waals surface area contributed by atoms with E-state index < -0.39 is 0 Å². The molecule has 11 heavy (non-hydrogen) atoms. The van der Waals surface area contributed by atoms with Gasteiger partial charge in [-0.1, -0.05) is 0 Å². The minimum absolute atomic E-state index is 0.128. The molecule has 0 radical (unpaired) electrons. The van der Waals surface area contributed by atoms with Crippen LogP contribution in [-0.4, -0.2) is 18.1 Å². The summed E-state index contributed by atoms with van der Waals surface area (Å²) in [7, 11) is 0. The number of nitrogens with zero attached hydrogens (tertiary/aromatic N) is 1. The summed E-state index contributed by atoms with van der Waals surface area (Å²) in [6.45, 7) is 3.86. The number of nitrogens with one attached hydrogen (secondary N) is 1. The maximum absolute atomic E-state index is 5.48. The molecule has 0 aliphatic heterocycles. The zero-order valence-electron chi connectivity index (χ0n) is 7.00. The predicted molar refractivity (Wildman–Crippen MR) is 44.0 cm³/mol. The van der Waals surface area contributed by atoms with Crippen molar-refractivity contribution in [1.82, 2.24) is 5.48 Å². The highest BCUT2D eigenvalue weighted by molar-refractivity contribution is 5.77. The first-order valence-electron chi connectivity index (χ1n) is 3.93. The molecule has 0 aromatic rings. The molecule has 0 aromatic heterocycles. The zero-order chi connectivity index (χ0) is 8.27. The fraction of sp³-hybridized carbons (Fsp3) is 0.857. The summed E-state index contributed by atoms with van der Waals surface area (Å²) in [5.74, 6) is 0.390. The van der Waals surface area contributed by atoms with Gasteiger partial charge in [0.15, 0.2) is 0 Å². The van der Waals surface area contributed by atoms with E-state index in [0.29, 0.717) is 12.0 Å². The van der Waals surface area contributed by atoms with E-state index in [1.165, 1.54) is 0 Å². The summed E-state index contributed by atoms with van der Waals surface area (Å²) in [6.07, 6.45) is 2.44. The van der Waals surface area contributed by atoms with E-state index in [9.17, 15) is 0 Å². The van der Waals surface area contributed by atoms with Crippen molar-refractivity contribution in [2.75, 3.05) is 0 Å². The second-order valence-corrected chi connectivity index (χ2v) is 3.01. The molecule has 4 heteroatoms. The molecule has 4 nitrogen and oxygen atoms in total. The van der Waals surface area contributed by atoms with Crippen LogP contribution >= 0.6 is 0 Å². The first kappa shape index (κ1) is 8.33. The number of guanidine groups is 1. The van der Waals surface area contributed by atoms with Gasteiger partial charge >= 0.3 is 0 Å². The Bertz CT molecular complexity index is 152. The van der Waals surface area contributed by atoms with Crippen LogP contribution in [0.15, 0.2) is 4.99 Å². The zero-order valence-corrected chi connectivity index (χ0v) is 7.00. The molecular weight excluding hydrogens is 142 g/mol. The lowest BCUT2D eigenvalue weighted by Gasteiger charge is -2.07. The van der Waals surface area contributed by atoms with Gasteiger partial charge in [0, 0.05) is 0 Å². The third kappa shape index (κ3) is 3.83. The predicted octanol–water partition coefficient (Wildman–Crippen LogP) is 0.393. The van der Waals surface area contributed by atoms with Gasteiger partial charge in [-0.2, -0.15) is 0 Å². The number of nitrogens with two attached hydrogens (primary N) is 1. The molecule has 1 saturated carbocycles. The first-order chi connectivity index (χ1) is 5.18. The van der Waals surface area contributed by atoms with Gasteiger partial charge in [0.2, 0.25) is 5.96 Å². The monoisotopic (exact) mass is 157 g/mol. The standard InChI is InChI=1S/C7H15N3O/c1-5(2)11-10-7(8)9-6-3-4-6/h5-6H,3-4H2,1-2H3,(H3,8,9,10). The number of hydrogen-bond donors (Lipinski definition) is 2. The Morgan fingerprint density at radius 3 is 2.73 bits per heavy atom. The van der Waals surface area contributed by atoms with Crippen molar-refractivity contribution >= 4 is 5.96 Å². The molecule has 0 atom stereocenters. The van der Waals surface area contributed by atoms with Crippen LogP contribution in [0.4, 0.5) is 0 Å². The van der Waals surface area contributed by atoms with Gasteiger partial charge in [0.05, 0.1) is 12.1 Å². The maximum Gasteiger partial charge on any atom is 0.213 e. The number of aliphatic imine (C=N–C) groups is 1. The molecule has 1 fully saturated rings. The van der Waals surface area contributed by atoms with E-state index in [2.05, 4.69) is 10.5 Å². The van der Waals surface area contributed by atoms with E-state index in [1.54, 1.807) is 0 Å². The molecule has 0 unspecified atom stereocenters. The molecule has 0 bridgehead atoms. The van der Waals surface area contributed by atoms with E-state index >= 15 is 0 Å². The van der Waals surface area contributed by atoms with Crippen molar-refractivity contribution in [3.05, 3.63) is 0 Å². The second-order valence-electron chi connectivity index (χ2n) is 3.01. The van der Waals surface area contributed by atoms with Crippen LogP contribution in [0.5, 0.6) is 0 Å². The molecule has 1 aliphatic rings. The topological polar surface area (TPSA) is 59.6 Å². The first-order valence-corrected chi connectivity index (χ1v) is 3.93. The van der Waals surface area contributed by atoms with Crippen molar-refractivity contribution in [3.8, 4) is 0 Å². The summed E-state index contributed by atoms with van der Waals surface area (Å²) in [6, 6.07) is 0.443. The molecular formula is C7H15N3O. The van der Waals surface area contributed by atoms with Crippen LogP contribution < -0.4 is 11.2 Å². The van der Waals surface area contributed by atoms with E-state index in [4.69, 9.17) is 10.6 Å². The van der Waals surface area contributed by atoms with Crippen molar-refractivity contribution in [2.24, 2.45) is 10.7 Å². The highest BCUT2D eigenvalue weighted by Gasteiger charge is 2.20. The lowest BCUT2D eigenvalue weighted by molar-refractivity contribution is 0.0323. The third-order valence-corrected chi connectivity index (χ3v) is 1.27. The van der Waals surface area contributed by atoms with Gasteiger partial charge in [-0.15, -0.1) is 0 Å². The summed E-state index contributed by atoms with van der Waals surface area (Å²) < 4.78 is 0. The number of hydrogen-bond acceptors (Lipinski definition) is 2. The lowest BCUT2D eigenvalue weighted by Crippen LogP contribution is -2.34. The van der Waals surface area contributed by atoms with Crippen molar-refractivity contribution in [1.29, 1.82) is 0 Å². The summed E-state index contributed by atoms with van der Waals surface area (Å²) in [5, 5.41) is 0. The molecule has 0 amide bonds. The maximum atomic E-state index is 5.48. The summed E-state index contributed by atoms with van der Waals surface area (Å²) >= 11 is 0. The van der Waals surface area contributed by atoms with Gasteiger partial charge in [-0.25, -0.2) is 10.5 Å². The van der Waals surface area contributed by atoms with Gasteiger partial charge < -0.3 is 5.73 Å². The van der Waals surface area contributed by atoms with Crippen LogP contribution in [0.25, 0.3) is 0 Å². The van der Waals surface area contributed by atoms with Crippen LogP contribution in [0.2, 0.25) is 0 Å². The van der Waals surface area contributed by atoms with Gasteiger partial charge in [-0.05, 0) is 26.7 Å². The van der Waals surface area contributed by atoms with E-state index in [1.807, 2.05) is 13.8 Å². The van der Waals surface area contributed by atoms with Crippen molar-refractivity contribution < 1.29 is 4.84 Å². The fourth-order valence-corrected chi connectivity index (χ4v) is 0.605. The number of rotatable bonds is 3. The molecule has 0 saturated heterocycles. The largest absolute Gasteiger partial charge is 0.368 e. The molecule has 1 aliphatic carbocycles. The minimum Gasteiger partial charge on any atom is -0.368 e. The third-order valence-electron chi connectivity index (χ3n) is 1.27. The Kier molecular flexibility index (Phi) is 2.70. The van der Waals surface area contributed by atoms with Gasteiger partial charge in [-0.3, -0.25) is 4.84 Å². The number of hydroxylamine groups is 1. The fourth-order valence-electron chi connectivity index (χ4n) is 0.605. The average Bonchev–Trinajstić information content (AvgIpc) is 2.67. The Balaban J connectivity index is 2.13. The summed E-state index contributed by atoms with van der Waals surface area (Å²) in [4.78, 5) is 9.15. The van der Waals surface area contributed by atoms with Crippen molar-refractivity contribution in [3.63, 3.8) is 0 Å². The van der Waals surface area contributed by atoms with Gasteiger partial charge in [0.1, 0.15) is 0 Å². The molecule has 3 N–H and O–H groups in total. The quantitative estimate of drug-likeness (QED) is 0.354. The smallest absolute Gasteiger partial charge is 0.213 e. The molecule has 0 aromatic carbocycles. The summed E-state index contributed by atoms with van der Waals surface area (Å²) in [5.41, 5.74) is 8.06. The lowest BCUT2D eigenvalue weighted by atomic mass is 10.5. The molecule has 0 spiro atoms. The molecule has 1 rings (SSSR count). The van der Waals surface area contributed by atoms with Crippen molar-refractivity contribution in [2.45, 2.75) is 38.8 Å². The normalized spacial score (nSPS) is 19.0.